The summed E-state index contributed by atoms with van der Waals surface area (Å²) >= 11 is 0. The normalized spacial score (nSPS) is 14.2. The number of nitrogens with zero attached hydrogens (tertiary/aromatic N) is 1. The standard InChI is InChI=1S/C16H22N2O2/c1-10(9-14-5-7-15(19)8-6-14)17-11(2)16-12(3)18-20-13(16)4/h5-8,10-11,17,19H,9H2,1-4H3. The Morgan fingerprint density at radius 1 is 1.20 bits per heavy atom. The molecule has 108 valence electrons. The van der Waals surface area contributed by atoms with Crippen molar-refractivity contribution in [3.05, 3.63) is 46.8 Å². The second-order valence-electron chi connectivity index (χ2n) is 5.40. The van der Waals surface area contributed by atoms with Crippen molar-refractivity contribution in [1.29, 1.82) is 0 Å². The van der Waals surface area contributed by atoms with E-state index in [9.17, 15) is 5.11 Å². The van der Waals surface area contributed by atoms with E-state index in [1.54, 1.807) is 12.1 Å². The maximum atomic E-state index is 9.29. The molecule has 0 radical (unpaired) electrons. The molecule has 2 atom stereocenters. The van der Waals surface area contributed by atoms with Gasteiger partial charge in [0.25, 0.3) is 0 Å². The van der Waals surface area contributed by atoms with Gasteiger partial charge < -0.3 is 14.9 Å². The number of nitrogens with one attached hydrogen (secondary N) is 1. The van der Waals surface area contributed by atoms with Crippen LogP contribution in [0.3, 0.4) is 0 Å². The Bertz CT molecular complexity index is 541. The lowest BCUT2D eigenvalue weighted by Crippen LogP contribution is -2.31. The van der Waals surface area contributed by atoms with E-state index in [2.05, 4.69) is 24.3 Å². The second-order valence-corrected chi connectivity index (χ2v) is 5.40. The quantitative estimate of drug-likeness (QED) is 0.878. The summed E-state index contributed by atoms with van der Waals surface area (Å²) in [5.74, 6) is 1.18. The van der Waals surface area contributed by atoms with Crippen LogP contribution in [0.25, 0.3) is 0 Å². The summed E-state index contributed by atoms with van der Waals surface area (Å²) in [7, 11) is 0. The number of phenolic OH excluding ortho intramolecular Hbond substituents is 1. The van der Waals surface area contributed by atoms with Gasteiger partial charge in [-0.25, -0.2) is 0 Å². The lowest BCUT2D eigenvalue weighted by Gasteiger charge is -2.20. The Morgan fingerprint density at radius 2 is 1.85 bits per heavy atom. The molecule has 0 aliphatic carbocycles. The third-order valence-corrected chi connectivity index (χ3v) is 3.53. The first-order chi connectivity index (χ1) is 9.47. The van der Waals surface area contributed by atoms with Gasteiger partial charge in [-0.05, 0) is 51.8 Å². The lowest BCUT2D eigenvalue weighted by atomic mass is 10.0. The monoisotopic (exact) mass is 274 g/mol. The molecular formula is C16H22N2O2. The summed E-state index contributed by atoms with van der Waals surface area (Å²) in [6, 6.07) is 7.87. The third kappa shape index (κ3) is 3.39. The largest absolute Gasteiger partial charge is 0.508 e. The molecule has 2 rings (SSSR count). The Hall–Kier alpha value is -1.81. The minimum atomic E-state index is 0.202. The number of aryl methyl sites for hydroxylation is 2. The number of aromatic nitrogens is 1. The van der Waals surface area contributed by atoms with Gasteiger partial charge in [-0.1, -0.05) is 17.3 Å². The summed E-state index contributed by atoms with van der Waals surface area (Å²) in [5, 5.41) is 16.8. The van der Waals surface area contributed by atoms with Crippen LogP contribution < -0.4 is 5.32 Å². The van der Waals surface area contributed by atoms with E-state index >= 15 is 0 Å². The van der Waals surface area contributed by atoms with Crippen molar-refractivity contribution < 1.29 is 9.63 Å². The van der Waals surface area contributed by atoms with Crippen molar-refractivity contribution in [1.82, 2.24) is 10.5 Å². The van der Waals surface area contributed by atoms with Gasteiger partial charge in [0.05, 0.1) is 5.69 Å². The van der Waals surface area contributed by atoms with Gasteiger partial charge in [0.2, 0.25) is 0 Å². The first-order valence-electron chi connectivity index (χ1n) is 6.94. The van der Waals surface area contributed by atoms with E-state index in [1.165, 1.54) is 5.56 Å². The summed E-state index contributed by atoms with van der Waals surface area (Å²) in [5.41, 5.74) is 3.29. The molecule has 0 fully saturated rings. The van der Waals surface area contributed by atoms with Crippen molar-refractivity contribution in [2.45, 2.75) is 46.2 Å². The van der Waals surface area contributed by atoms with Crippen LogP contribution in [0.15, 0.2) is 28.8 Å². The molecule has 4 heteroatoms. The molecule has 0 aliphatic heterocycles. The first kappa shape index (κ1) is 14.6. The number of benzene rings is 1. The summed E-state index contributed by atoms with van der Waals surface area (Å²) in [4.78, 5) is 0. The zero-order chi connectivity index (χ0) is 14.7. The van der Waals surface area contributed by atoms with Gasteiger partial charge >= 0.3 is 0 Å². The maximum absolute atomic E-state index is 9.29. The molecule has 1 aromatic heterocycles. The van der Waals surface area contributed by atoms with Crippen molar-refractivity contribution in [3.8, 4) is 5.75 Å². The zero-order valence-corrected chi connectivity index (χ0v) is 12.5. The second kappa shape index (κ2) is 6.09. The topological polar surface area (TPSA) is 58.3 Å². The molecule has 0 saturated carbocycles. The predicted octanol–water partition coefficient (Wildman–Crippen LogP) is 3.28. The highest BCUT2D eigenvalue weighted by molar-refractivity contribution is 5.27. The van der Waals surface area contributed by atoms with E-state index in [4.69, 9.17) is 4.52 Å². The Labute approximate surface area is 119 Å². The molecule has 0 bridgehead atoms. The van der Waals surface area contributed by atoms with Crippen molar-refractivity contribution >= 4 is 0 Å². The van der Waals surface area contributed by atoms with E-state index < -0.39 is 0 Å². The van der Waals surface area contributed by atoms with Crippen molar-refractivity contribution in [2.75, 3.05) is 0 Å². The lowest BCUT2D eigenvalue weighted by molar-refractivity contribution is 0.389. The summed E-state index contributed by atoms with van der Waals surface area (Å²) < 4.78 is 5.21. The number of hydrogen-bond acceptors (Lipinski definition) is 4. The van der Waals surface area contributed by atoms with Gasteiger partial charge in [-0.15, -0.1) is 0 Å². The highest BCUT2D eigenvalue weighted by Gasteiger charge is 2.17. The Kier molecular flexibility index (Phi) is 4.45. The number of rotatable bonds is 5. The van der Waals surface area contributed by atoms with Gasteiger partial charge in [0, 0.05) is 17.6 Å². The van der Waals surface area contributed by atoms with Gasteiger partial charge in [-0.2, -0.15) is 0 Å². The molecule has 2 N–H and O–H groups in total. The molecule has 20 heavy (non-hydrogen) atoms. The molecule has 4 nitrogen and oxygen atoms in total. The van der Waals surface area contributed by atoms with Crippen LogP contribution in [0, 0.1) is 13.8 Å². The maximum Gasteiger partial charge on any atom is 0.138 e. The smallest absolute Gasteiger partial charge is 0.138 e. The summed E-state index contributed by atoms with van der Waals surface area (Å²) in [6.07, 6.45) is 0.911. The van der Waals surface area contributed by atoms with Gasteiger partial charge in [-0.3, -0.25) is 0 Å². The highest BCUT2D eigenvalue weighted by Crippen LogP contribution is 2.22. The molecule has 1 heterocycles. The van der Waals surface area contributed by atoms with E-state index in [1.807, 2.05) is 26.0 Å². The number of hydrogen-bond donors (Lipinski definition) is 2. The fourth-order valence-corrected chi connectivity index (χ4v) is 2.66. The fourth-order valence-electron chi connectivity index (χ4n) is 2.66. The van der Waals surface area contributed by atoms with Crippen LogP contribution in [0.5, 0.6) is 5.75 Å². The third-order valence-electron chi connectivity index (χ3n) is 3.53. The van der Waals surface area contributed by atoms with Crippen LogP contribution >= 0.6 is 0 Å². The van der Waals surface area contributed by atoms with Crippen molar-refractivity contribution in [3.63, 3.8) is 0 Å². The molecule has 0 aliphatic rings. The highest BCUT2D eigenvalue weighted by atomic mass is 16.5. The van der Waals surface area contributed by atoms with Crippen LogP contribution in [0.2, 0.25) is 0 Å². The minimum Gasteiger partial charge on any atom is -0.508 e. The SMILES string of the molecule is Cc1noc(C)c1C(C)NC(C)Cc1ccc(O)cc1. The average molecular weight is 274 g/mol. The minimum absolute atomic E-state index is 0.202. The zero-order valence-electron chi connectivity index (χ0n) is 12.5. The first-order valence-corrected chi connectivity index (χ1v) is 6.94. The summed E-state index contributed by atoms with van der Waals surface area (Å²) in [6.45, 7) is 8.19. The molecular weight excluding hydrogens is 252 g/mol. The van der Waals surface area contributed by atoms with Crippen LogP contribution in [0.4, 0.5) is 0 Å². The molecule has 2 unspecified atom stereocenters. The van der Waals surface area contributed by atoms with Crippen LogP contribution in [-0.2, 0) is 6.42 Å². The number of phenols is 1. The van der Waals surface area contributed by atoms with Gasteiger partial charge in [0.15, 0.2) is 0 Å². The molecule has 0 saturated heterocycles. The van der Waals surface area contributed by atoms with Crippen LogP contribution in [0.1, 0.15) is 42.5 Å². The van der Waals surface area contributed by atoms with Gasteiger partial charge in [0.1, 0.15) is 11.5 Å². The Balaban J connectivity index is 1.97. The molecule has 1 aromatic carbocycles. The molecule has 0 spiro atoms. The average Bonchev–Trinajstić information content (AvgIpc) is 2.72. The van der Waals surface area contributed by atoms with Crippen LogP contribution in [-0.4, -0.2) is 16.3 Å². The van der Waals surface area contributed by atoms with E-state index in [0.29, 0.717) is 11.8 Å². The van der Waals surface area contributed by atoms with Crippen molar-refractivity contribution in [2.24, 2.45) is 0 Å². The fraction of sp³-hybridized carbons (Fsp3) is 0.438. The number of aromatic hydroxyl groups is 1. The molecule has 2 aromatic rings. The van der Waals surface area contributed by atoms with E-state index in [0.717, 1.165) is 23.4 Å². The molecule has 0 amide bonds. The Morgan fingerprint density at radius 3 is 2.40 bits per heavy atom. The predicted molar refractivity (Wildman–Crippen MR) is 78.8 cm³/mol. The van der Waals surface area contributed by atoms with E-state index in [-0.39, 0.29) is 6.04 Å².